The number of aliphatic carboxylic acids is 1. The number of amides is 1. The summed E-state index contributed by atoms with van der Waals surface area (Å²) in [5.74, 6) is -3.28. The summed E-state index contributed by atoms with van der Waals surface area (Å²) in [7, 11) is 1.30. The van der Waals surface area contributed by atoms with Crippen LogP contribution in [0.15, 0.2) is 42.5 Å². The van der Waals surface area contributed by atoms with Gasteiger partial charge in [-0.25, -0.2) is 8.78 Å². The number of carbonyl (C=O) groups is 3. The van der Waals surface area contributed by atoms with Crippen molar-refractivity contribution in [1.29, 1.82) is 0 Å². The van der Waals surface area contributed by atoms with Gasteiger partial charge in [0.05, 0.1) is 19.6 Å². The maximum Gasteiger partial charge on any atom is 0.305 e. The van der Waals surface area contributed by atoms with Crippen molar-refractivity contribution >= 4 is 17.7 Å². The lowest BCUT2D eigenvalue weighted by atomic mass is 10.0. The lowest BCUT2D eigenvalue weighted by Crippen LogP contribution is -2.30. The Hall–Kier alpha value is -3.29. The van der Waals surface area contributed by atoms with Crippen LogP contribution >= 0.6 is 0 Å². The lowest BCUT2D eigenvalue weighted by molar-refractivity contribution is -0.137. The zero-order chi connectivity index (χ0) is 20.7. The van der Waals surface area contributed by atoms with Crippen LogP contribution in [0.2, 0.25) is 0 Å². The minimum absolute atomic E-state index is 0.00473. The predicted octanol–water partition coefficient (Wildman–Crippen LogP) is 3.27. The molecule has 1 amide bonds. The molecule has 0 bridgehead atoms. The van der Waals surface area contributed by atoms with Crippen molar-refractivity contribution in [1.82, 2.24) is 5.32 Å². The molecule has 0 radical (unpaired) electrons. The Bertz CT molecular complexity index is 867. The van der Waals surface area contributed by atoms with Crippen molar-refractivity contribution in [2.24, 2.45) is 0 Å². The number of nitrogens with one attached hydrogen (secondary N) is 1. The van der Waals surface area contributed by atoms with Gasteiger partial charge in [-0.1, -0.05) is 12.1 Å². The number of Topliss-reactive ketones (excluding diaryl/α,β-unsaturated/α-hetero) is 1. The summed E-state index contributed by atoms with van der Waals surface area (Å²) in [5.41, 5.74) is 0.535. The molecule has 0 heterocycles. The fraction of sp³-hybridized carbons (Fsp3) is 0.250. The highest BCUT2D eigenvalue weighted by Gasteiger charge is 2.19. The van der Waals surface area contributed by atoms with Crippen LogP contribution in [-0.2, 0) is 9.59 Å². The van der Waals surface area contributed by atoms with Crippen molar-refractivity contribution in [2.45, 2.75) is 25.3 Å². The van der Waals surface area contributed by atoms with Crippen LogP contribution in [-0.4, -0.2) is 29.9 Å². The third kappa shape index (κ3) is 5.87. The van der Waals surface area contributed by atoms with Gasteiger partial charge >= 0.3 is 5.97 Å². The van der Waals surface area contributed by atoms with Crippen LogP contribution in [0.1, 0.15) is 41.2 Å². The molecule has 2 aromatic carbocycles. The third-order valence-corrected chi connectivity index (χ3v) is 4.04. The lowest BCUT2D eigenvalue weighted by Gasteiger charge is -2.17. The summed E-state index contributed by atoms with van der Waals surface area (Å²) in [6.07, 6.45) is -0.778. The van der Waals surface area contributed by atoms with E-state index in [9.17, 15) is 23.2 Å². The van der Waals surface area contributed by atoms with Gasteiger partial charge < -0.3 is 15.2 Å². The number of methoxy groups -OCH3 is 1. The van der Waals surface area contributed by atoms with Crippen molar-refractivity contribution < 1.29 is 33.0 Å². The number of rotatable bonds is 9. The Kier molecular flexibility index (Phi) is 7.20. The summed E-state index contributed by atoms with van der Waals surface area (Å²) in [5, 5.41) is 11.6. The minimum atomic E-state index is -1.14. The Morgan fingerprint density at radius 3 is 2.32 bits per heavy atom. The highest BCUT2D eigenvalue weighted by Crippen LogP contribution is 2.20. The number of benzene rings is 2. The summed E-state index contributed by atoms with van der Waals surface area (Å²) >= 11 is 0. The first-order valence-electron chi connectivity index (χ1n) is 8.43. The molecule has 28 heavy (non-hydrogen) atoms. The van der Waals surface area contributed by atoms with Crippen LogP contribution in [0.5, 0.6) is 5.75 Å². The first-order chi connectivity index (χ1) is 13.3. The molecule has 0 saturated heterocycles. The third-order valence-electron chi connectivity index (χ3n) is 4.04. The van der Waals surface area contributed by atoms with E-state index < -0.39 is 41.8 Å². The minimum Gasteiger partial charge on any atom is -0.494 e. The molecule has 1 unspecified atom stereocenters. The standard InChI is InChI=1S/C20H19F2NO5/c1-28-18-8-4-13(10-15(18)22)17(24)7-9-19(25)23-16(11-20(26)27)12-2-5-14(21)6-3-12/h2-6,8,10,16H,7,9,11H2,1H3,(H,23,25)(H,26,27). The Morgan fingerprint density at radius 2 is 1.75 bits per heavy atom. The molecule has 148 valence electrons. The van der Waals surface area contributed by atoms with Crippen LogP contribution in [0.3, 0.4) is 0 Å². The fourth-order valence-electron chi connectivity index (χ4n) is 2.60. The fourth-order valence-corrected chi connectivity index (χ4v) is 2.60. The molecule has 0 aliphatic carbocycles. The molecule has 1 atom stereocenters. The smallest absolute Gasteiger partial charge is 0.305 e. The number of carbonyl (C=O) groups excluding carboxylic acids is 2. The molecule has 0 aromatic heterocycles. The Morgan fingerprint density at radius 1 is 1.07 bits per heavy atom. The van der Waals surface area contributed by atoms with E-state index in [0.29, 0.717) is 5.56 Å². The van der Waals surface area contributed by atoms with Gasteiger partial charge in [0.25, 0.3) is 0 Å². The van der Waals surface area contributed by atoms with Crippen LogP contribution in [0.4, 0.5) is 8.78 Å². The quantitative estimate of drug-likeness (QED) is 0.640. The summed E-state index contributed by atoms with van der Waals surface area (Å²) in [6, 6.07) is 7.98. The highest BCUT2D eigenvalue weighted by atomic mass is 19.1. The van der Waals surface area contributed by atoms with Crippen LogP contribution < -0.4 is 10.1 Å². The molecule has 0 aliphatic rings. The molecule has 2 rings (SSSR count). The zero-order valence-electron chi connectivity index (χ0n) is 15.1. The number of halogens is 2. The number of ketones is 1. The summed E-state index contributed by atoms with van der Waals surface area (Å²) in [6.45, 7) is 0. The van der Waals surface area contributed by atoms with Gasteiger partial charge in [-0.05, 0) is 35.9 Å². The van der Waals surface area contributed by atoms with Crippen molar-refractivity contribution in [3.63, 3.8) is 0 Å². The number of carboxylic acid groups (broad SMARTS) is 1. The van der Waals surface area contributed by atoms with Gasteiger partial charge in [0.1, 0.15) is 5.82 Å². The second-order valence-corrected chi connectivity index (χ2v) is 6.04. The van der Waals surface area contributed by atoms with Crippen molar-refractivity contribution in [2.75, 3.05) is 7.11 Å². The number of carboxylic acids is 1. The average Bonchev–Trinajstić information content (AvgIpc) is 2.65. The Labute approximate surface area is 160 Å². The number of hydrogen-bond acceptors (Lipinski definition) is 4. The normalized spacial score (nSPS) is 11.5. The van der Waals surface area contributed by atoms with E-state index in [2.05, 4.69) is 5.32 Å². The molecule has 8 heteroatoms. The van der Waals surface area contributed by atoms with E-state index in [0.717, 1.165) is 18.2 Å². The van der Waals surface area contributed by atoms with Gasteiger partial charge in [-0.3, -0.25) is 14.4 Å². The van der Waals surface area contributed by atoms with Gasteiger partial charge in [0, 0.05) is 18.4 Å². The summed E-state index contributed by atoms with van der Waals surface area (Å²) < 4.78 is 31.5. The predicted molar refractivity (Wildman–Crippen MR) is 96.1 cm³/mol. The van der Waals surface area contributed by atoms with E-state index in [4.69, 9.17) is 9.84 Å². The molecule has 2 aromatic rings. The topological polar surface area (TPSA) is 92.7 Å². The first kappa shape index (κ1) is 21.0. The van der Waals surface area contributed by atoms with Crippen molar-refractivity contribution in [3.05, 3.63) is 65.2 Å². The van der Waals surface area contributed by atoms with Crippen LogP contribution in [0, 0.1) is 11.6 Å². The van der Waals surface area contributed by atoms with Crippen LogP contribution in [0.25, 0.3) is 0 Å². The largest absolute Gasteiger partial charge is 0.494 e. The number of ether oxygens (including phenoxy) is 1. The molecule has 0 spiro atoms. The molecule has 2 N–H and O–H groups in total. The van der Waals surface area contributed by atoms with E-state index in [1.54, 1.807) is 0 Å². The SMILES string of the molecule is COc1ccc(C(=O)CCC(=O)NC(CC(=O)O)c2ccc(F)cc2)cc1F. The molecule has 0 aliphatic heterocycles. The van der Waals surface area contributed by atoms with Crippen molar-refractivity contribution in [3.8, 4) is 5.75 Å². The van der Waals surface area contributed by atoms with E-state index in [1.165, 1.54) is 31.4 Å². The van der Waals surface area contributed by atoms with E-state index in [1.807, 2.05) is 0 Å². The molecule has 0 fully saturated rings. The van der Waals surface area contributed by atoms with Gasteiger partial charge in [-0.15, -0.1) is 0 Å². The van der Waals surface area contributed by atoms with E-state index in [-0.39, 0.29) is 24.2 Å². The second-order valence-electron chi connectivity index (χ2n) is 6.04. The second kappa shape index (κ2) is 9.59. The number of hydrogen-bond donors (Lipinski definition) is 2. The summed E-state index contributed by atoms with van der Waals surface area (Å²) in [4.78, 5) is 35.3. The molecular formula is C20H19F2NO5. The van der Waals surface area contributed by atoms with E-state index >= 15 is 0 Å². The molecular weight excluding hydrogens is 372 g/mol. The molecule has 6 nitrogen and oxygen atoms in total. The maximum atomic E-state index is 13.7. The van der Waals surface area contributed by atoms with Gasteiger partial charge in [0.15, 0.2) is 17.3 Å². The average molecular weight is 391 g/mol. The first-order valence-corrected chi connectivity index (χ1v) is 8.43. The van der Waals surface area contributed by atoms with Gasteiger partial charge in [0.2, 0.25) is 5.91 Å². The molecule has 0 saturated carbocycles. The van der Waals surface area contributed by atoms with Gasteiger partial charge in [-0.2, -0.15) is 0 Å². The highest BCUT2D eigenvalue weighted by molar-refractivity contribution is 5.98. The zero-order valence-corrected chi connectivity index (χ0v) is 15.1. The maximum absolute atomic E-state index is 13.7. The Balaban J connectivity index is 1.98. The monoisotopic (exact) mass is 391 g/mol.